The van der Waals surface area contributed by atoms with E-state index >= 15 is 0 Å². The number of pyridine rings is 1. The third-order valence-electron chi connectivity index (χ3n) is 2.67. The van der Waals surface area contributed by atoms with Crippen LogP contribution in [0.2, 0.25) is 5.15 Å². The molecule has 2 heterocycles. The molecule has 0 bridgehead atoms. The summed E-state index contributed by atoms with van der Waals surface area (Å²) in [5, 5.41) is 16.1. The molecule has 0 atom stereocenters. The molecule has 0 amide bonds. The average molecular weight is 298 g/mol. The second-order valence-electron chi connectivity index (χ2n) is 3.83. The summed E-state index contributed by atoms with van der Waals surface area (Å²) in [6.07, 6.45) is 0.936. The Bertz CT molecular complexity index is 600. The van der Waals surface area contributed by atoms with Gasteiger partial charge in [-0.05, 0) is 29.5 Å². The SMILES string of the molecule is CCc1ccsc1CNc1nc(Cl)ccc1[N+](=O)[O-]. The number of aromatic nitrogens is 1. The van der Waals surface area contributed by atoms with Crippen LogP contribution in [0.15, 0.2) is 23.6 Å². The summed E-state index contributed by atoms with van der Waals surface area (Å²) in [4.78, 5) is 15.5. The van der Waals surface area contributed by atoms with Gasteiger partial charge in [0.15, 0.2) is 0 Å². The molecule has 0 saturated carbocycles. The summed E-state index contributed by atoms with van der Waals surface area (Å²) in [6.45, 7) is 2.58. The Morgan fingerprint density at radius 3 is 2.95 bits per heavy atom. The first-order valence-electron chi connectivity index (χ1n) is 5.72. The van der Waals surface area contributed by atoms with Crippen LogP contribution in [0.4, 0.5) is 11.5 Å². The molecule has 100 valence electrons. The molecule has 0 spiro atoms. The normalized spacial score (nSPS) is 10.4. The molecular weight excluding hydrogens is 286 g/mol. The number of thiophene rings is 1. The highest BCUT2D eigenvalue weighted by atomic mass is 35.5. The smallest absolute Gasteiger partial charge is 0.311 e. The maximum Gasteiger partial charge on any atom is 0.311 e. The first kappa shape index (κ1) is 13.8. The zero-order valence-corrected chi connectivity index (χ0v) is 11.8. The number of halogens is 1. The highest BCUT2D eigenvalue weighted by molar-refractivity contribution is 7.10. The fourth-order valence-electron chi connectivity index (χ4n) is 1.71. The maximum atomic E-state index is 10.9. The largest absolute Gasteiger partial charge is 0.359 e. The molecule has 0 aliphatic carbocycles. The number of anilines is 1. The van der Waals surface area contributed by atoms with Crippen molar-refractivity contribution in [3.8, 4) is 0 Å². The fourth-order valence-corrected chi connectivity index (χ4v) is 2.77. The van der Waals surface area contributed by atoms with E-state index in [9.17, 15) is 10.1 Å². The van der Waals surface area contributed by atoms with Gasteiger partial charge in [-0.25, -0.2) is 4.98 Å². The van der Waals surface area contributed by atoms with E-state index in [1.165, 1.54) is 17.7 Å². The third kappa shape index (κ3) is 3.21. The van der Waals surface area contributed by atoms with Crippen LogP contribution in [0.25, 0.3) is 0 Å². The van der Waals surface area contributed by atoms with Crippen molar-refractivity contribution in [1.82, 2.24) is 4.98 Å². The summed E-state index contributed by atoms with van der Waals surface area (Å²) in [7, 11) is 0. The number of nitro groups is 1. The molecule has 0 aliphatic rings. The van der Waals surface area contributed by atoms with Gasteiger partial charge in [-0.2, -0.15) is 0 Å². The number of aryl methyl sites for hydroxylation is 1. The Kier molecular flexibility index (Phi) is 4.34. The van der Waals surface area contributed by atoms with Crippen molar-refractivity contribution in [3.63, 3.8) is 0 Å². The van der Waals surface area contributed by atoms with Crippen LogP contribution in [0.1, 0.15) is 17.4 Å². The molecule has 0 aliphatic heterocycles. The lowest BCUT2D eigenvalue weighted by Crippen LogP contribution is -2.05. The monoisotopic (exact) mass is 297 g/mol. The van der Waals surface area contributed by atoms with Gasteiger partial charge in [0.1, 0.15) is 5.15 Å². The Morgan fingerprint density at radius 2 is 2.26 bits per heavy atom. The zero-order valence-electron chi connectivity index (χ0n) is 10.2. The Morgan fingerprint density at radius 1 is 1.47 bits per heavy atom. The number of nitrogens with zero attached hydrogens (tertiary/aromatic N) is 2. The minimum absolute atomic E-state index is 0.0704. The molecular formula is C12H12ClN3O2S. The lowest BCUT2D eigenvalue weighted by atomic mass is 10.2. The molecule has 5 nitrogen and oxygen atoms in total. The van der Waals surface area contributed by atoms with Gasteiger partial charge in [0.2, 0.25) is 5.82 Å². The molecule has 1 N–H and O–H groups in total. The van der Waals surface area contributed by atoms with E-state index in [2.05, 4.69) is 23.3 Å². The van der Waals surface area contributed by atoms with Crippen LogP contribution >= 0.6 is 22.9 Å². The molecule has 0 aromatic carbocycles. The average Bonchev–Trinajstić information content (AvgIpc) is 2.83. The van der Waals surface area contributed by atoms with Gasteiger partial charge in [0.05, 0.1) is 11.5 Å². The van der Waals surface area contributed by atoms with Gasteiger partial charge in [-0.15, -0.1) is 11.3 Å². The molecule has 2 aromatic heterocycles. The number of nitrogens with one attached hydrogen (secondary N) is 1. The van der Waals surface area contributed by atoms with Gasteiger partial charge in [0, 0.05) is 10.9 Å². The number of rotatable bonds is 5. The van der Waals surface area contributed by atoms with E-state index in [0.717, 1.165) is 11.3 Å². The van der Waals surface area contributed by atoms with E-state index in [4.69, 9.17) is 11.6 Å². The second kappa shape index (κ2) is 5.99. The van der Waals surface area contributed by atoms with Gasteiger partial charge in [0.25, 0.3) is 0 Å². The maximum absolute atomic E-state index is 10.9. The van der Waals surface area contributed by atoms with Crippen molar-refractivity contribution in [3.05, 3.63) is 49.3 Å². The highest BCUT2D eigenvalue weighted by Crippen LogP contribution is 2.26. The molecule has 0 unspecified atom stereocenters. The minimum Gasteiger partial charge on any atom is -0.359 e. The summed E-state index contributed by atoms with van der Waals surface area (Å²) >= 11 is 7.39. The van der Waals surface area contributed by atoms with Gasteiger partial charge < -0.3 is 5.32 Å². The predicted molar refractivity (Wildman–Crippen MR) is 76.9 cm³/mol. The van der Waals surface area contributed by atoms with E-state index in [1.807, 2.05) is 5.38 Å². The fraction of sp³-hybridized carbons (Fsp3) is 0.250. The summed E-state index contributed by atoms with van der Waals surface area (Å²) in [5.41, 5.74) is 1.17. The van der Waals surface area contributed by atoms with Crippen molar-refractivity contribution in [2.75, 3.05) is 5.32 Å². The van der Waals surface area contributed by atoms with Crippen molar-refractivity contribution >= 4 is 34.4 Å². The Balaban J connectivity index is 2.19. The molecule has 0 radical (unpaired) electrons. The topological polar surface area (TPSA) is 68.1 Å². The van der Waals surface area contributed by atoms with Crippen LogP contribution in [-0.4, -0.2) is 9.91 Å². The molecule has 7 heteroatoms. The van der Waals surface area contributed by atoms with Gasteiger partial charge >= 0.3 is 5.69 Å². The summed E-state index contributed by atoms with van der Waals surface area (Å²) in [6, 6.07) is 4.82. The van der Waals surface area contributed by atoms with Crippen molar-refractivity contribution < 1.29 is 4.92 Å². The Hall–Kier alpha value is -1.66. The zero-order chi connectivity index (χ0) is 13.8. The van der Waals surface area contributed by atoms with E-state index < -0.39 is 4.92 Å². The third-order valence-corrected chi connectivity index (χ3v) is 3.85. The first-order chi connectivity index (χ1) is 9.11. The van der Waals surface area contributed by atoms with Crippen LogP contribution in [0, 0.1) is 10.1 Å². The van der Waals surface area contributed by atoms with Crippen LogP contribution in [-0.2, 0) is 13.0 Å². The van der Waals surface area contributed by atoms with Crippen LogP contribution in [0.3, 0.4) is 0 Å². The Labute approximate surface area is 119 Å². The molecule has 0 fully saturated rings. The highest BCUT2D eigenvalue weighted by Gasteiger charge is 2.15. The van der Waals surface area contributed by atoms with Gasteiger partial charge in [-0.3, -0.25) is 10.1 Å². The number of hydrogen-bond donors (Lipinski definition) is 1. The quantitative estimate of drug-likeness (QED) is 0.516. The lowest BCUT2D eigenvalue weighted by molar-refractivity contribution is -0.384. The molecule has 2 aromatic rings. The summed E-state index contributed by atoms with van der Waals surface area (Å²) in [5.74, 6) is 0.202. The predicted octanol–water partition coefficient (Wildman–Crippen LogP) is 3.88. The van der Waals surface area contributed by atoms with Crippen LogP contribution in [0.5, 0.6) is 0 Å². The van der Waals surface area contributed by atoms with E-state index in [-0.39, 0.29) is 16.7 Å². The van der Waals surface area contributed by atoms with Crippen molar-refractivity contribution in [2.24, 2.45) is 0 Å². The van der Waals surface area contributed by atoms with E-state index in [1.54, 1.807) is 11.3 Å². The second-order valence-corrected chi connectivity index (χ2v) is 5.22. The molecule has 19 heavy (non-hydrogen) atoms. The van der Waals surface area contributed by atoms with Crippen molar-refractivity contribution in [1.29, 1.82) is 0 Å². The van der Waals surface area contributed by atoms with E-state index in [0.29, 0.717) is 6.54 Å². The molecule has 2 rings (SSSR count). The molecule has 0 saturated heterocycles. The van der Waals surface area contributed by atoms with Crippen LogP contribution < -0.4 is 5.32 Å². The minimum atomic E-state index is -0.471. The van der Waals surface area contributed by atoms with Crippen molar-refractivity contribution in [2.45, 2.75) is 19.9 Å². The standard InChI is InChI=1S/C12H12ClN3O2S/c1-2-8-5-6-19-10(8)7-14-12-9(16(17)18)3-4-11(13)15-12/h3-6H,2,7H2,1H3,(H,14,15). The van der Waals surface area contributed by atoms with Gasteiger partial charge in [-0.1, -0.05) is 18.5 Å². The number of hydrogen-bond acceptors (Lipinski definition) is 5. The first-order valence-corrected chi connectivity index (χ1v) is 6.97. The summed E-state index contributed by atoms with van der Waals surface area (Å²) < 4.78 is 0. The lowest BCUT2D eigenvalue weighted by Gasteiger charge is -2.06.